The fraction of sp³-hybridized carbons (Fsp3) is 0.182. The third-order valence-electron chi connectivity index (χ3n) is 2.00. The van der Waals surface area contributed by atoms with Crippen molar-refractivity contribution in [3.8, 4) is 0 Å². The Hall–Kier alpha value is -1.57. The summed E-state index contributed by atoms with van der Waals surface area (Å²) in [6.45, 7) is 3.90. The van der Waals surface area contributed by atoms with Crippen LogP contribution in [0.1, 0.15) is 28.4 Å². The standard InChI is InChI=1S/C11H13NO/c1-3-4-10-8(2)5-6-9(7-13)11(10)12/h3-7H,12H2,1-2H3/b4-3-. The Morgan fingerprint density at radius 2 is 2.08 bits per heavy atom. The molecule has 1 aromatic rings. The van der Waals surface area contributed by atoms with Crippen LogP contribution in [-0.4, -0.2) is 6.29 Å². The van der Waals surface area contributed by atoms with Crippen molar-refractivity contribution in [1.82, 2.24) is 0 Å². The number of aryl methyl sites for hydroxylation is 1. The molecule has 0 aliphatic carbocycles. The highest BCUT2D eigenvalue weighted by molar-refractivity contribution is 5.88. The van der Waals surface area contributed by atoms with Crippen molar-refractivity contribution < 1.29 is 4.79 Å². The first-order valence-electron chi connectivity index (χ1n) is 4.17. The second-order valence-electron chi connectivity index (χ2n) is 2.92. The molecule has 0 atom stereocenters. The topological polar surface area (TPSA) is 43.1 Å². The molecule has 0 spiro atoms. The molecule has 0 fully saturated rings. The van der Waals surface area contributed by atoms with Crippen LogP contribution in [0.4, 0.5) is 5.69 Å². The van der Waals surface area contributed by atoms with Gasteiger partial charge in [-0.05, 0) is 25.5 Å². The molecule has 0 radical (unpaired) electrons. The Balaban J connectivity index is 3.37. The fourth-order valence-electron chi connectivity index (χ4n) is 1.25. The molecule has 2 nitrogen and oxygen atoms in total. The van der Waals surface area contributed by atoms with Gasteiger partial charge in [0.05, 0.1) is 0 Å². The summed E-state index contributed by atoms with van der Waals surface area (Å²) in [6.07, 6.45) is 4.60. The molecule has 0 amide bonds. The van der Waals surface area contributed by atoms with E-state index >= 15 is 0 Å². The predicted molar refractivity (Wildman–Crippen MR) is 55.7 cm³/mol. The maximum absolute atomic E-state index is 10.6. The molecule has 0 aromatic heterocycles. The Bertz CT molecular complexity index is 353. The number of nitrogen functional groups attached to an aromatic ring is 1. The van der Waals surface area contributed by atoms with Gasteiger partial charge in [0.15, 0.2) is 6.29 Å². The van der Waals surface area contributed by atoms with Gasteiger partial charge in [-0.15, -0.1) is 0 Å². The van der Waals surface area contributed by atoms with Crippen LogP contribution in [0.2, 0.25) is 0 Å². The number of allylic oxidation sites excluding steroid dienone is 1. The second-order valence-corrected chi connectivity index (χ2v) is 2.92. The molecular formula is C11H13NO. The van der Waals surface area contributed by atoms with Crippen molar-refractivity contribution in [3.05, 3.63) is 34.9 Å². The van der Waals surface area contributed by atoms with Crippen LogP contribution < -0.4 is 5.73 Å². The van der Waals surface area contributed by atoms with Crippen LogP contribution in [0.3, 0.4) is 0 Å². The van der Waals surface area contributed by atoms with E-state index in [1.54, 1.807) is 6.07 Å². The highest BCUT2D eigenvalue weighted by atomic mass is 16.1. The van der Waals surface area contributed by atoms with Gasteiger partial charge >= 0.3 is 0 Å². The lowest BCUT2D eigenvalue weighted by molar-refractivity contribution is 0.112. The van der Waals surface area contributed by atoms with Crippen LogP contribution in [0.25, 0.3) is 6.08 Å². The van der Waals surface area contributed by atoms with E-state index in [1.807, 2.05) is 32.1 Å². The van der Waals surface area contributed by atoms with Crippen LogP contribution in [0.15, 0.2) is 18.2 Å². The molecule has 0 bridgehead atoms. The zero-order chi connectivity index (χ0) is 9.84. The molecule has 0 aliphatic rings. The second kappa shape index (κ2) is 3.90. The summed E-state index contributed by atoms with van der Waals surface area (Å²) in [6, 6.07) is 3.64. The highest BCUT2D eigenvalue weighted by Crippen LogP contribution is 2.21. The molecule has 2 heteroatoms. The van der Waals surface area contributed by atoms with E-state index in [2.05, 4.69) is 0 Å². The SMILES string of the molecule is C/C=C\c1c(C)ccc(C=O)c1N. The van der Waals surface area contributed by atoms with Gasteiger partial charge in [-0.1, -0.05) is 18.2 Å². The molecule has 1 rings (SSSR count). The third-order valence-corrected chi connectivity index (χ3v) is 2.00. The zero-order valence-electron chi connectivity index (χ0n) is 7.87. The quantitative estimate of drug-likeness (QED) is 0.554. The molecule has 0 unspecified atom stereocenters. The first kappa shape index (κ1) is 9.52. The summed E-state index contributed by atoms with van der Waals surface area (Å²) in [5.74, 6) is 0. The van der Waals surface area contributed by atoms with Gasteiger partial charge in [-0.25, -0.2) is 0 Å². The van der Waals surface area contributed by atoms with Crippen LogP contribution in [-0.2, 0) is 0 Å². The molecule has 1 aromatic carbocycles. The number of nitrogens with two attached hydrogens (primary N) is 1. The zero-order valence-corrected chi connectivity index (χ0v) is 7.87. The van der Waals surface area contributed by atoms with E-state index in [4.69, 9.17) is 5.73 Å². The maximum Gasteiger partial charge on any atom is 0.152 e. The molecule has 2 N–H and O–H groups in total. The summed E-state index contributed by atoms with van der Waals surface area (Å²) in [7, 11) is 0. The third kappa shape index (κ3) is 1.78. The van der Waals surface area contributed by atoms with Gasteiger partial charge in [0.2, 0.25) is 0 Å². The normalized spacial score (nSPS) is 10.6. The smallest absolute Gasteiger partial charge is 0.152 e. The lowest BCUT2D eigenvalue weighted by Gasteiger charge is -2.06. The van der Waals surface area contributed by atoms with Crippen molar-refractivity contribution in [2.24, 2.45) is 0 Å². The number of aldehydes is 1. The first-order valence-corrected chi connectivity index (χ1v) is 4.17. The lowest BCUT2D eigenvalue weighted by atomic mass is 10.0. The minimum absolute atomic E-state index is 0.554. The molecule has 0 aliphatic heterocycles. The molecule has 0 heterocycles. The van der Waals surface area contributed by atoms with E-state index in [1.165, 1.54) is 0 Å². The van der Waals surface area contributed by atoms with Crippen molar-refractivity contribution >= 4 is 18.0 Å². The van der Waals surface area contributed by atoms with Crippen LogP contribution in [0, 0.1) is 6.92 Å². The predicted octanol–water partition coefficient (Wildman–Crippen LogP) is 2.42. The molecule has 13 heavy (non-hydrogen) atoms. The molecule has 0 saturated heterocycles. The maximum atomic E-state index is 10.6. The summed E-state index contributed by atoms with van der Waals surface area (Å²) in [4.78, 5) is 10.6. The van der Waals surface area contributed by atoms with E-state index in [9.17, 15) is 4.79 Å². The van der Waals surface area contributed by atoms with Gasteiger partial charge in [0.1, 0.15) is 0 Å². The van der Waals surface area contributed by atoms with Crippen LogP contribution >= 0.6 is 0 Å². The number of carbonyl (C=O) groups is 1. The van der Waals surface area contributed by atoms with Gasteiger partial charge in [0, 0.05) is 16.8 Å². The number of hydrogen-bond acceptors (Lipinski definition) is 2. The summed E-state index contributed by atoms with van der Waals surface area (Å²) >= 11 is 0. The van der Waals surface area contributed by atoms with Gasteiger partial charge < -0.3 is 5.73 Å². The van der Waals surface area contributed by atoms with E-state index in [0.717, 1.165) is 17.4 Å². The number of benzene rings is 1. The Morgan fingerprint density at radius 3 is 2.62 bits per heavy atom. The number of carbonyl (C=O) groups excluding carboxylic acids is 1. The highest BCUT2D eigenvalue weighted by Gasteiger charge is 2.04. The summed E-state index contributed by atoms with van der Waals surface area (Å²) in [5.41, 5.74) is 8.94. The minimum Gasteiger partial charge on any atom is -0.398 e. The van der Waals surface area contributed by atoms with Gasteiger partial charge in [-0.3, -0.25) is 4.79 Å². The Morgan fingerprint density at radius 1 is 1.38 bits per heavy atom. The average Bonchev–Trinajstić information content (AvgIpc) is 2.12. The van der Waals surface area contributed by atoms with Crippen molar-refractivity contribution in [3.63, 3.8) is 0 Å². The van der Waals surface area contributed by atoms with Crippen molar-refractivity contribution in [1.29, 1.82) is 0 Å². The van der Waals surface area contributed by atoms with E-state index in [-0.39, 0.29) is 0 Å². The van der Waals surface area contributed by atoms with E-state index in [0.29, 0.717) is 11.3 Å². The Labute approximate surface area is 78.1 Å². The van der Waals surface area contributed by atoms with Crippen molar-refractivity contribution in [2.75, 3.05) is 5.73 Å². The van der Waals surface area contributed by atoms with E-state index < -0.39 is 0 Å². The first-order chi connectivity index (χ1) is 6.20. The molecular weight excluding hydrogens is 162 g/mol. The summed E-state index contributed by atoms with van der Waals surface area (Å²) in [5, 5.41) is 0. The van der Waals surface area contributed by atoms with Gasteiger partial charge in [0.25, 0.3) is 0 Å². The Kier molecular flexibility index (Phi) is 2.85. The summed E-state index contributed by atoms with van der Waals surface area (Å²) < 4.78 is 0. The lowest BCUT2D eigenvalue weighted by Crippen LogP contribution is -1.97. The monoisotopic (exact) mass is 175 g/mol. The number of anilines is 1. The largest absolute Gasteiger partial charge is 0.398 e. The number of rotatable bonds is 2. The number of hydrogen-bond donors (Lipinski definition) is 1. The van der Waals surface area contributed by atoms with Crippen LogP contribution in [0.5, 0.6) is 0 Å². The average molecular weight is 175 g/mol. The molecule has 68 valence electrons. The minimum atomic E-state index is 0.554. The van der Waals surface area contributed by atoms with Crippen molar-refractivity contribution in [2.45, 2.75) is 13.8 Å². The molecule has 0 saturated carbocycles. The fourth-order valence-corrected chi connectivity index (χ4v) is 1.25. The van der Waals surface area contributed by atoms with Gasteiger partial charge in [-0.2, -0.15) is 0 Å².